The maximum atomic E-state index is 11.7. The molecule has 7 heavy (non-hydrogen) atoms. The van der Waals surface area contributed by atoms with Crippen LogP contribution in [0.2, 0.25) is 0 Å². The summed E-state index contributed by atoms with van der Waals surface area (Å²) >= 11 is 0. The fourth-order valence-electron chi connectivity index (χ4n) is 0.349. The molecule has 0 aliphatic rings. The van der Waals surface area contributed by atoms with Crippen LogP contribution < -0.4 is 5.73 Å². The minimum absolute atomic E-state index is 0.0995. The van der Waals surface area contributed by atoms with Crippen LogP contribution in [0.3, 0.4) is 0 Å². The summed E-state index contributed by atoms with van der Waals surface area (Å²) < 4.78 is 11.7. The van der Waals surface area contributed by atoms with Crippen molar-refractivity contribution in [2.24, 2.45) is 5.73 Å². The van der Waals surface area contributed by atoms with Crippen molar-refractivity contribution in [2.45, 2.75) is 19.4 Å². The molecular formula is C5H10FN. The first-order chi connectivity index (χ1) is 3.13. The monoisotopic (exact) mass is 103 g/mol. The Morgan fingerprint density at radius 3 is 2.43 bits per heavy atom. The summed E-state index contributed by atoms with van der Waals surface area (Å²) in [5.74, 6) is -0.338. The number of nitrogens with two attached hydrogens (primary N) is 1. The van der Waals surface area contributed by atoms with E-state index in [0.717, 1.165) is 0 Å². The molecule has 0 aliphatic heterocycles. The third-order valence-electron chi connectivity index (χ3n) is 0.543. The van der Waals surface area contributed by atoms with Gasteiger partial charge in [-0.1, -0.05) is 6.58 Å². The van der Waals surface area contributed by atoms with Crippen LogP contribution >= 0.6 is 0 Å². The van der Waals surface area contributed by atoms with Gasteiger partial charge in [0.2, 0.25) is 0 Å². The standard InChI is InChI=1S/C5H10FN/c1-4(6)3-5(2)7/h5H,1,3,7H2,2H3. The third kappa shape index (κ3) is 5.63. The Labute approximate surface area is 43.0 Å². The van der Waals surface area contributed by atoms with E-state index in [0.29, 0.717) is 0 Å². The first-order valence-electron chi connectivity index (χ1n) is 2.22. The molecule has 2 N–H and O–H groups in total. The number of hydrogen-bond donors (Lipinski definition) is 1. The molecule has 0 aromatic heterocycles. The van der Waals surface area contributed by atoms with Crippen LogP contribution in [-0.2, 0) is 0 Å². The van der Waals surface area contributed by atoms with Gasteiger partial charge in [0.1, 0.15) is 0 Å². The zero-order chi connectivity index (χ0) is 5.86. The predicted molar refractivity (Wildman–Crippen MR) is 28.5 cm³/mol. The van der Waals surface area contributed by atoms with Gasteiger partial charge in [-0.2, -0.15) is 0 Å². The molecule has 0 spiro atoms. The lowest BCUT2D eigenvalue weighted by molar-refractivity contribution is 0.556. The van der Waals surface area contributed by atoms with Crippen LogP contribution in [0.5, 0.6) is 0 Å². The van der Waals surface area contributed by atoms with Gasteiger partial charge in [0.15, 0.2) is 0 Å². The van der Waals surface area contributed by atoms with Crippen molar-refractivity contribution >= 4 is 0 Å². The Bertz CT molecular complexity index is 68.5. The van der Waals surface area contributed by atoms with Gasteiger partial charge in [0, 0.05) is 12.5 Å². The van der Waals surface area contributed by atoms with Crippen LogP contribution in [0, 0.1) is 0 Å². The summed E-state index contributed by atoms with van der Waals surface area (Å²) in [6.45, 7) is 4.79. The lowest BCUT2D eigenvalue weighted by Crippen LogP contribution is -2.13. The van der Waals surface area contributed by atoms with Crippen molar-refractivity contribution in [3.8, 4) is 0 Å². The topological polar surface area (TPSA) is 26.0 Å². The van der Waals surface area contributed by atoms with Gasteiger partial charge >= 0.3 is 0 Å². The Kier molecular flexibility index (Phi) is 2.60. The van der Waals surface area contributed by atoms with E-state index in [1.165, 1.54) is 0 Å². The van der Waals surface area contributed by atoms with Crippen LogP contribution in [0.15, 0.2) is 12.4 Å². The smallest absolute Gasteiger partial charge is 0.0943 e. The van der Waals surface area contributed by atoms with E-state index in [1.807, 2.05) is 0 Å². The Hall–Kier alpha value is -0.370. The van der Waals surface area contributed by atoms with Crippen LogP contribution in [0.1, 0.15) is 13.3 Å². The van der Waals surface area contributed by atoms with E-state index in [4.69, 9.17) is 5.73 Å². The normalized spacial score (nSPS) is 13.6. The third-order valence-corrected chi connectivity index (χ3v) is 0.543. The molecule has 0 bridgehead atoms. The van der Waals surface area contributed by atoms with Gasteiger partial charge in [0.05, 0.1) is 5.83 Å². The summed E-state index contributed by atoms with van der Waals surface area (Å²) in [6.07, 6.45) is 0.278. The van der Waals surface area contributed by atoms with Crippen molar-refractivity contribution in [3.05, 3.63) is 12.4 Å². The molecule has 42 valence electrons. The molecule has 1 atom stereocenters. The molecule has 0 amide bonds. The van der Waals surface area contributed by atoms with Crippen LogP contribution in [0.25, 0.3) is 0 Å². The Morgan fingerprint density at radius 2 is 2.43 bits per heavy atom. The van der Waals surface area contributed by atoms with Crippen LogP contribution in [0.4, 0.5) is 4.39 Å². The molecule has 1 nitrogen and oxygen atoms in total. The van der Waals surface area contributed by atoms with E-state index in [1.54, 1.807) is 6.92 Å². The fraction of sp³-hybridized carbons (Fsp3) is 0.600. The van der Waals surface area contributed by atoms with Gasteiger partial charge in [-0.25, -0.2) is 4.39 Å². The summed E-state index contributed by atoms with van der Waals surface area (Å²) in [5.41, 5.74) is 5.19. The first kappa shape index (κ1) is 6.63. The largest absolute Gasteiger partial charge is 0.328 e. The van der Waals surface area contributed by atoms with E-state index in [2.05, 4.69) is 6.58 Å². The molecule has 0 aliphatic carbocycles. The Morgan fingerprint density at radius 1 is 2.00 bits per heavy atom. The highest BCUT2D eigenvalue weighted by molar-refractivity contribution is 4.82. The van der Waals surface area contributed by atoms with Crippen molar-refractivity contribution in [2.75, 3.05) is 0 Å². The van der Waals surface area contributed by atoms with Crippen molar-refractivity contribution in [1.82, 2.24) is 0 Å². The summed E-state index contributed by atoms with van der Waals surface area (Å²) in [4.78, 5) is 0. The van der Waals surface area contributed by atoms with Gasteiger partial charge < -0.3 is 5.73 Å². The molecule has 1 unspecified atom stereocenters. The molecule has 0 radical (unpaired) electrons. The molecule has 0 aromatic carbocycles. The zero-order valence-electron chi connectivity index (χ0n) is 4.45. The number of rotatable bonds is 2. The van der Waals surface area contributed by atoms with Gasteiger partial charge in [-0.05, 0) is 6.92 Å². The maximum absolute atomic E-state index is 11.7. The SMILES string of the molecule is C=C(F)CC(C)N. The highest BCUT2D eigenvalue weighted by Crippen LogP contribution is 1.99. The summed E-state index contributed by atoms with van der Waals surface area (Å²) in [6, 6.07) is -0.0995. The highest BCUT2D eigenvalue weighted by atomic mass is 19.1. The van der Waals surface area contributed by atoms with Gasteiger partial charge in [0.25, 0.3) is 0 Å². The molecule has 0 saturated heterocycles. The van der Waals surface area contributed by atoms with E-state index >= 15 is 0 Å². The van der Waals surface area contributed by atoms with Gasteiger partial charge in [-0.3, -0.25) is 0 Å². The first-order valence-corrected chi connectivity index (χ1v) is 2.22. The molecule has 0 rings (SSSR count). The molecule has 0 fully saturated rings. The second-order valence-electron chi connectivity index (χ2n) is 1.70. The average molecular weight is 103 g/mol. The lowest BCUT2D eigenvalue weighted by Gasteiger charge is -1.97. The highest BCUT2D eigenvalue weighted by Gasteiger charge is 1.93. The maximum Gasteiger partial charge on any atom is 0.0943 e. The summed E-state index contributed by atoms with van der Waals surface area (Å²) in [5, 5.41) is 0. The average Bonchev–Trinajstić information content (AvgIpc) is 1.27. The van der Waals surface area contributed by atoms with E-state index < -0.39 is 0 Å². The summed E-state index contributed by atoms with van der Waals surface area (Å²) in [7, 11) is 0. The molecule has 2 heteroatoms. The predicted octanol–water partition coefficient (Wildman–Crippen LogP) is 1.21. The zero-order valence-corrected chi connectivity index (χ0v) is 4.45. The van der Waals surface area contributed by atoms with Crippen molar-refractivity contribution < 1.29 is 4.39 Å². The molecular weight excluding hydrogens is 93.1 g/mol. The number of hydrogen-bond acceptors (Lipinski definition) is 1. The van der Waals surface area contributed by atoms with Crippen molar-refractivity contribution in [3.63, 3.8) is 0 Å². The Balaban J connectivity index is 3.13. The fourth-order valence-corrected chi connectivity index (χ4v) is 0.349. The van der Waals surface area contributed by atoms with Crippen LogP contribution in [-0.4, -0.2) is 6.04 Å². The minimum Gasteiger partial charge on any atom is -0.328 e. The van der Waals surface area contributed by atoms with E-state index in [-0.39, 0.29) is 18.3 Å². The molecule has 0 heterocycles. The van der Waals surface area contributed by atoms with E-state index in [9.17, 15) is 4.39 Å². The van der Waals surface area contributed by atoms with Gasteiger partial charge in [-0.15, -0.1) is 0 Å². The quantitative estimate of drug-likeness (QED) is 0.558. The molecule has 0 saturated carbocycles. The van der Waals surface area contributed by atoms with Crippen molar-refractivity contribution in [1.29, 1.82) is 0 Å². The number of halogens is 1. The molecule has 0 aromatic rings. The second kappa shape index (κ2) is 2.75. The minimum atomic E-state index is -0.338. The second-order valence-corrected chi connectivity index (χ2v) is 1.70. The lowest BCUT2D eigenvalue weighted by atomic mass is 10.2.